The Hall–Kier alpha value is -2.57. The van der Waals surface area contributed by atoms with Crippen molar-refractivity contribution in [1.29, 1.82) is 0 Å². The van der Waals surface area contributed by atoms with Crippen LogP contribution in [0.3, 0.4) is 0 Å². The summed E-state index contributed by atoms with van der Waals surface area (Å²) in [6.07, 6.45) is 1.20. The minimum absolute atomic E-state index is 0.0898. The van der Waals surface area contributed by atoms with E-state index < -0.39 is 10.7 Å². The number of nitrogens with zero attached hydrogens (tertiary/aromatic N) is 3. The van der Waals surface area contributed by atoms with Crippen LogP contribution in [0, 0.1) is 22.9 Å². The number of halogens is 1. The third-order valence-electron chi connectivity index (χ3n) is 2.56. The van der Waals surface area contributed by atoms with Crippen LogP contribution in [-0.2, 0) is 0 Å². The van der Waals surface area contributed by atoms with Crippen molar-refractivity contribution in [2.24, 2.45) is 0 Å². The average Bonchev–Trinajstić information content (AvgIpc) is 2.36. The summed E-state index contributed by atoms with van der Waals surface area (Å²) in [6.45, 7) is 1.71. The molecule has 1 aromatic heterocycles. The predicted molar refractivity (Wildman–Crippen MR) is 68.4 cm³/mol. The zero-order valence-electron chi connectivity index (χ0n) is 10.3. The SMILES string of the molecule is CNc1ncnc(-c2cc(C)cc(F)c2)c1[N+](=O)[O-]. The Balaban J connectivity index is 2.71. The predicted octanol–water partition coefficient (Wildman–Crippen LogP) is 2.54. The molecule has 2 rings (SSSR count). The van der Waals surface area contributed by atoms with E-state index in [4.69, 9.17) is 0 Å². The number of benzene rings is 1. The van der Waals surface area contributed by atoms with Gasteiger partial charge in [-0.05, 0) is 30.7 Å². The first-order chi connectivity index (χ1) is 9.02. The van der Waals surface area contributed by atoms with E-state index in [9.17, 15) is 14.5 Å². The second-order valence-electron chi connectivity index (χ2n) is 3.94. The average molecular weight is 262 g/mol. The zero-order valence-corrected chi connectivity index (χ0v) is 10.3. The van der Waals surface area contributed by atoms with Gasteiger partial charge in [-0.3, -0.25) is 10.1 Å². The molecule has 0 spiro atoms. The van der Waals surface area contributed by atoms with Crippen LogP contribution in [0.5, 0.6) is 0 Å². The molecule has 0 aliphatic heterocycles. The molecular formula is C12H11FN4O2. The van der Waals surface area contributed by atoms with Gasteiger partial charge in [-0.15, -0.1) is 0 Å². The number of rotatable bonds is 3. The van der Waals surface area contributed by atoms with E-state index >= 15 is 0 Å². The highest BCUT2D eigenvalue weighted by molar-refractivity contribution is 5.76. The smallest absolute Gasteiger partial charge is 0.337 e. The van der Waals surface area contributed by atoms with Gasteiger partial charge in [-0.25, -0.2) is 14.4 Å². The maximum absolute atomic E-state index is 13.4. The standard InChI is InChI=1S/C12H11FN4O2/c1-7-3-8(5-9(13)4-7)10-11(17(18)19)12(14-2)16-6-15-10/h3-6H,1-2H3,(H,14,15,16). The van der Waals surface area contributed by atoms with Gasteiger partial charge in [0.25, 0.3) is 0 Å². The molecule has 0 bridgehead atoms. The van der Waals surface area contributed by atoms with Crippen molar-refractivity contribution in [2.75, 3.05) is 12.4 Å². The van der Waals surface area contributed by atoms with E-state index in [2.05, 4.69) is 15.3 Å². The summed E-state index contributed by atoms with van der Waals surface area (Å²) < 4.78 is 13.4. The second-order valence-corrected chi connectivity index (χ2v) is 3.94. The fourth-order valence-corrected chi connectivity index (χ4v) is 1.82. The summed E-state index contributed by atoms with van der Waals surface area (Å²) in [7, 11) is 1.52. The Morgan fingerprint density at radius 1 is 1.32 bits per heavy atom. The number of anilines is 1. The molecule has 1 heterocycles. The minimum Gasteiger partial charge on any atom is -0.367 e. The Labute approximate surface area is 108 Å². The summed E-state index contributed by atoms with van der Waals surface area (Å²) in [5.74, 6) is -0.370. The summed E-state index contributed by atoms with van der Waals surface area (Å²) >= 11 is 0. The first-order valence-corrected chi connectivity index (χ1v) is 5.47. The molecule has 0 unspecified atom stereocenters. The first kappa shape index (κ1) is 12.9. The van der Waals surface area contributed by atoms with Gasteiger partial charge in [-0.2, -0.15) is 0 Å². The summed E-state index contributed by atoms with van der Waals surface area (Å²) in [5, 5.41) is 13.8. The summed E-state index contributed by atoms with van der Waals surface area (Å²) in [6, 6.07) is 4.19. The Morgan fingerprint density at radius 3 is 2.63 bits per heavy atom. The lowest BCUT2D eigenvalue weighted by Crippen LogP contribution is -2.03. The van der Waals surface area contributed by atoms with Crippen molar-refractivity contribution < 1.29 is 9.31 Å². The quantitative estimate of drug-likeness (QED) is 0.679. The molecule has 1 N–H and O–H groups in total. The van der Waals surface area contributed by atoms with Gasteiger partial charge in [0, 0.05) is 12.6 Å². The molecule has 6 nitrogen and oxygen atoms in total. The van der Waals surface area contributed by atoms with Crippen LogP contribution in [-0.4, -0.2) is 21.9 Å². The molecule has 0 radical (unpaired) electrons. The van der Waals surface area contributed by atoms with E-state index in [1.54, 1.807) is 13.0 Å². The van der Waals surface area contributed by atoms with Crippen LogP contribution >= 0.6 is 0 Å². The van der Waals surface area contributed by atoms with E-state index in [0.29, 0.717) is 11.1 Å². The van der Waals surface area contributed by atoms with Crippen molar-refractivity contribution in [3.05, 3.63) is 46.0 Å². The molecule has 2 aromatic rings. The molecule has 0 amide bonds. The number of nitrogens with one attached hydrogen (secondary N) is 1. The fraction of sp³-hybridized carbons (Fsp3) is 0.167. The number of hydrogen-bond acceptors (Lipinski definition) is 5. The third-order valence-corrected chi connectivity index (χ3v) is 2.56. The van der Waals surface area contributed by atoms with E-state index in [1.807, 2.05) is 0 Å². The van der Waals surface area contributed by atoms with Crippen molar-refractivity contribution in [1.82, 2.24) is 9.97 Å². The van der Waals surface area contributed by atoms with Gasteiger partial charge >= 0.3 is 5.69 Å². The molecule has 7 heteroatoms. The van der Waals surface area contributed by atoms with E-state index in [0.717, 1.165) is 0 Å². The van der Waals surface area contributed by atoms with Crippen LogP contribution in [0.15, 0.2) is 24.5 Å². The molecule has 98 valence electrons. The topological polar surface area (TPSA) is 81.0 Å². The highest BCUT2D eigenvalue weighted by Crippen LogP contribution is 2.33. The molecule has 19 heavy (non-hydrogen) atoms. The van der Waals surface area contributed by atoms with Gasteiger partial charge in [0.2, 0.25) is 5.82 Å². The Kier molecular flexibility index (Phi) is 3.37. The maximum atomic E-state index is 13.4. The van der Waals surface area contributed by atoms with E-state index in [-0.39, 0.29) is 17.2 Å². The highest BCUT2D eigenvalue weighted by Gasteiger charge is 2.23. The van der Waals surface area contributed by atoms with Crippen molar-refractivity contribution >= 4 is 11.5 Å². The van der Waals surface area contributed by atoms with Crippen LogP contribution in [0.2, 0.25) is 0 Å². The van der Waals surface area contributed by atoms with Crippen LogP contribution in [0.25, 0.3) is 11.3 Å². The lowest BCUT2D eigenvalue weighted by atomic mass is 10.1. The minimum atomic E-state index is -0.582. The van der Waals surface area contributed by atoms with Crippen molar-refractivity contribution in [2.45, 2.75) is 6.92 Å². The van der Waals surface area contributed by atoms with Gasteiger partial charge in [-0.1, -0.05) is 0 Å². The fourth-order valence-electron chi connectivity index (χ4n) is 1.82. The number of aromatic nitrogens is 2. The normalized spacial score (nSPS) is 10.3. The molecule has 0 saturated heterocycles. The largest absolute Gasteiger partial charge is 0.367 e. The van der Waals surface area contributed by atoms with Crippen molar-refractivity contribution in [3.8, 4) is 11.3 Å². The number of nitro groups is 1. The first-order valence-electron chi connectivity index (χ1n) is 5.47. The maximum Gasteiger partial charge on any atom is 0.337 e. The molecule has 0 saturated carbocycles. The lowest BCUT2D eigenvalue weighted by Gasteiger charge is -2.06. The highest BCUT2D eigenvalue weighted by atomic mass is 19.1. The molecular weight excluding hydrogens is 251 g/mol. The van der Waals surface area contributed by atoms with E-state index in [1.165, 1.54) is 25.5 Å². The van der Waals surface area contributed by atoms with Gasteiger partial charge < -0.3 is 5.32 Å². The third kappa shape index (κ3) is 2.49. The van der Waals surface area contributed by atoms with Crippen LogP contribution in [0.1, 0.15) is 5.56 Å². The van der Waals surface area contributed by atoms with Gasteiger partial charge in [0.05, 0.1) is 4.92 Å². The monoisotopic (exact) mass is 262 g/mol. The number of hydrogen-bond donors (Lipinski definition) is 1. The van der Waals surface area contributed by atoms with Crippen LogP contribution < -0.4 is 5.32 Å². The van der Waals surface area contributed by atoms with Crippen LogP contribution in [0.4, 0.5) is 15.9 Å². The second kappa shape index (κ2) is 4.97. The van der Waals surface area contributed by atoms with Gasteiger partial charge in [0.15, 0.2) is 5.69 Å². The van der Waals surface area contributed by atoms with Gasteiger partial charge in [0.1, 0.15) is 12.1 Å². The summed E-state index contributed by atoms with van der Waals surface area (Å²) in [5.41, 5.74) is 0.832. The zero-order chi connectivity index (χ0) is 14.0. The Morgan fingerprint density at radius 2 is 2.05 bits per heavy atom. The summed E-state index contributed by atoms with van der Waals surface area (Å²) in [4.78, 5) is 18.2. The number of aryl methyl sites for hydroxylation is 1. The molecule has 0 aliphatic carbocycles. The molecule has 0 aliphatic rings. The van der Waals surface area contributed by atoms with Crippen molar-refractivity contribution in [3.63, 3.8) is 0 Å². The molecule has 0 fully saturated rings. The lowest BCUT2D eigenvalue weighted by molar-refractivity contribution is -0.383. The molecule has 0 atom stereocenters. The molecule has 1 aromatic carbocycles. The Bertz CT molecular complexity index is 625.